The maximum absolute atomic E-state index is 14.1. The van der Waals surface area contributed by atoms with E-state index >= 15 is 0 Å². The lowest BCUT2D eigenvalue weighted by Crippen LogP contribution is -2.41. The van der Waals surface area contributed by atoms with Crippen molar-refractivity contribution in [3.8, 4) is 0 Å². The van der Waals surface area contributed by atoms with E-state index in [1.54, 1.807) is 0 Å². The van der Waals surface area contributed by atoms with Gasteiger partial charge in [0.2, 0.25) is 0 Å². The van der Waals surface area contributed by atoms with Gasteiger partial charge in [-0.05, 0) is 33.3 Å². The van der Waals surface area contributed by atoms with E-state index in [-0.39, 0.29) is 5.59 Å². The topological polar surface area (TPSA) is 49.2 Å². The highest BCUT2D eigenvalue weighted by atomic mass is 19.1. The Bertz CT molecular complexity index is 657. The van der Waals surface area contributed by atoms with Crippen molar-refractivity contribution in [2.45, 2.75) is 45.4 Å². The van der Waals surface area contributed by atoms with Gasteiger partial charge in [0.25, 0.3) is 5.95 Å². The minimum atomic E-state index is -0.838. The molecule has 3 rings (SSSR count). The fourth-order valence-corrected chi connectivity index (χ4v) is 2.26. The predicted molar refractivity (Wildman–Crippen MR) is 81.2 cm³/mol. The van der Waals surface area contributed by atoms with Crippen molar-refractivity contribution < 1.29 is 13.7 Å². The lowest BCUT2D eigenvalue weighted by molar-refractivity contribution is 0.00578. The summed E-state index contributed by atoms with van der Waals surface area (Å²) < 4.78 is 25.7. The molecular weight excluding hydrogens is 284 g/mol. The molecule has 2 heterocycles. The molecule has 0 saturated carbocycles. The Morgan fingerprint density at radius 1 is 1.05 bits per heavy atom. The van der Waals surface area contributed by atoms with Gasteiger partial charge in [-0.1, -0.05) is 30.3 Å². The van der Waals surface area contributed by atoms with Crippen LogP contribution >= 0.6 is 0 Å². The molecule has 2 aromatic rings. The molecule has 1 aliphatic heterocycles. The lowest BCUT2D eigenvalue weighted by Gasteiger charge is -2.32. The third-order valence-electron chi connectivity index (χ3n) is 4.28. The van der Waals surface area contributed by atoms with E-state index in [0.717, 1.165) is 5.56 Å². The largest absolute Gasteiger partial charge is 0.521 e. The monoisotopic (exact) mass is 303 g/mol. The zero-order valence-corrected chi connectivity index (χ0v) is 13.2. The van der Waals surface area contributed by atoms with Gasteiger partial charge in [0.05, 0.1) is 17.7 Å². The summed E-state index contributed by atoms with van der Waals surface area (Å²) in [5.41, 5.74) is 0.0215. The summed E-state index contributed by atoms with van der Waals surface area (Å²) in [5.74, 6) is -0.658. The molecule has 1 aliphatic rings. The summed E-state index contributed by atoms with van der Waals surface area (Å²) in [6, 6.07) is 9.65. The van der Waals surface area contributed by atoms with E-state index in [9.17, 15) is 4.39 Å². The Morgan fingerprint density at radius 3 is 2.23 bits per heavy atom. The number of nitrogens with zero attached hydrogens (tertiary/aromatic N) is 3. The van der Waals surface area contributed by atoms with E-state index in [1.807, 2.05) is 58.0 Å². The molecular formula is C15H19BFN3O2. The van der Waals surface area contributed by atoms with Crippen LogP contribution in [0.5, 0.6) is 0 Å². The van der Waals surface area contributed by atoms with Crippen LogP contribution in [-0.2, 0) is 15.9 Å². The average molecular weight is 303 g/mol. The number of rotatable bonds is 3. The smallest absolute Gasteiger partial charge is 0.398 e. The highest BCUT2D eigenvalue weighted by Crippen LogP contribution is 2.36. The highest BCUT2D eigenvalue weighted by molar-refractivity contribution is 6.61. The van der Waals surface area contributed by atoms with Crippen molar-refractivity contribution in [3.05, 3.63) is 41.8 Å². The van der Waals surface area contributed by atoms with E-state index in [1.165, 1.54) is 4.80 Å². The Kier molecular flexibility index (Phi) is 3.57. The van der Waals surface area contributed by atoms with Crippen LogP contribution in [0.15, 0.2) is 30.3 Å². The van der Waals surface area contributed by atoms with Crippen LogP contribution in [0.3, 0.4) is 0 Å². The van der Waals surface area contributed by atoms with Crippen molar-refractivity contribution in [3.63, 3.8) is 0 Å². The van der Waals surface area contributed by atoms with Crippen molar-refractivity contribution >= 4 is 12.7 Å². The van der Waals surface area contributed by atoms with Gasteiger partial charge in [0.15, 0.2) is 5.59 Å². The van der Waals surface area contributed by atoms with Crippen LogP contribution < -0.4 is 5.59 Å². The third kappa shape index (κ3) is 2.66. The summed E-state index contributed by atoms with van der Waals surface area (Å²) in [6.07, 6.45) is 0. The number of benzene rings is 1. The maximum Gasteiger partial charge on any atom is 0.521 e. The van der Waals surface area contributed by atoms with E-state index in [0.29, 0.717) is 6.54 Å². The summed E-state index contributed by atoms with van der Waals surface area (Å²) in [7, 11) is -0.838. The standard InChI is InChI=1S/C15H19BFN3O2/c1-14(2)15(3,4)22-16(21-14)12-13(17)19-20(18-12)10-11-8-6-5-7-9-11/h5-9H,10H2,1-4H3. The van der Waals surface area contributed by atoms with Crippen LogP contribution in [0.25, 0.3) is 0 Å². The minimum absolute atomic E-state index is 0.0922. The molecule has 0 bridgehead atoms. The van der Waals surface area contributed by atoms with Crippen LogP contribution in [0, 0.1) is 5.95 Å². The Hall–Kier alpha value is -1.73. The van der Waals surface area contributed by atoms with Gasteiger partial charge < -0.3 is 9.31 Å². The van der Waals surface area contributed by atoms with E-state index in [2.05, 4.69) is 10.2 Å². The zero-order chi connectivity index (χ0) is 16.0. The number of aromatic nitrogens is 3. The first-order chi connectivity index (χ1) is 10.3. The van der Waals surface area contributed by atoms with Gasteiger partial charge in [-0.2, -0.15) is 14.3 Å². The van der Waals surface area contributed by atoms with Gasteiger partial charge in [0.1, 0.15) is 0 Å². The highest BCUT2D eigenvalue weighted by Gasteiger charge is 2.53. The van der Waals surface area contributed by atoms with Crippen LogP contribution in [0.4, 0.5) is 4.39 Å². The zero-order valence-electron chi connectivity index (χ0n) is 13.2. The molecule has 0 amide bonds. The van der Waals surface area contributed by atoms with Crippen LogP contribution in [0.2, 0.25) is 0 Å². The second kappa shape index (κ2) is 5.17. The van der Waals surface area contributed by atoms with Crippen molar-refractivity contribution in [1.29, 1.82) is 0 Å². The van der Waals surface area contributed by atoms with E-state index in [4.69, 9.17) is 9.31 Å². The van der Waals surface area contributed by atoms with Crippen molar-refractivity contribution in [1.82, 2.24) is 15.0 Å². The van der Waals surface area contributed by atoms with E-state index < -0.39 is 24.3 Å². The Labute approximate surface area is 129 Å². The van der Waals surface area contributed by atoms with Crippen molar-refractivity contribution in [2.75, 3.05) is 0 Å². The molecule has 22 heavy (non-hydrogen) atoms. The fraction of sp³-hybridized carbons (Fsp3) is 0.467. The quantitative estimate of drug-likeness (QED) is 0.811. The molecule has 7 heteroatoms. The molecule has 0 N–H and O–H groups in total. The molecule has 0 aliphatic carbocycles. The first-order valence-electron chi connectivity index (χ1n) is 7.28. The number of hydrogen-bond donors (Lipinski definition) is 0. The molecule has 1 aromatic heterocycles. The van der Waals surface area contributed by atoms with Crippen molar-refractivity contribution in [2.24, 2.45) is 0 Å². The normalized spacial score (nSPS) is 19.6. The molecule has 116 valence electrons. The Balaban J connectivity index is 1.82. The molecule has 0 atom stereocenters. The van der Waals surface area contributed by atoms with Gasteiger partial charge >= 0.3 is 7.12 Å². The van der Waals surface area contributed by atoms with Crippen LogP contribution in [0.1, 0.15) is 33.3 Å². The minimum Gasteiger partial charge on any atom is -0.398 e. The number of halogens is 1. The molecule has 1 fully saturated rings. The summed E-state index contributed by atoms with van der Waals surface area (Å²) >= 11 is 0. The fourth-order valence-electron chi connectivity index (χ4n) is 2.26. The first-order valence-corrected chi connectivity index (χ1v) is 7.28. The average Bonchev–Trinajstić information content (AvgIpc) is 2.88. The van der Waals surface area contributed by atoms with Gasteiger partial charge in [-0.3, -0.25) is 0 Å². The second-order valence-electron chi connectivity index (χ2n) is 6.48. The van der Waals surface area contributed by atoms with Gasteiger partial charge in [-0.15, -0.1) is 5.10 Å². The van der Waals surface area contributed by atoms with Crippen LogP contribution in [-0.4, -0.2) is 33.3 Å². The van der Waals surface area contributed by atoms with Gasteiger partial charge in [0, 0.05) is 0 Å². The maximum atomic E-state index is 14.1. The molecule has 1 saturated heterocycles. The first kappa shape index (κ1) is 15.2. The SMILES string of the molecule is CC1(C)OB(c2nn(Cc3ccccc3)nc2F)OC1(C)C. The molecule has 0 spiro atoms. The lowest BCUT2D eigenvalue weighted by atomic mass is 9.85. The summed E-state index contributed by atoms with van der Waals surface area (Å²) in [5, 5.41) is 8.02. The summed E-state index contributed by atoms with van der Waals surface area (Å²) in [4.78, 5) is 1.32. The predicted octanol–water partition coefficient (Wildman–Crippen LogP) is 1.76. The Morgan fingerprint density at radius 2 is 1.64 bits per heavy atom. The summed E-state index contributed by atoms with van der Waals surface area (Å²) in [6.45, 7) is 8.06. The van der Waals surface area contributed by atoms with Gasteiger partial charge in [-0.25, -0.2) is 0 Å². The molecule has 0 radical (unpaired) electrons. The third-order valence-corrected chi connectivity index (χ3v) is 4.28. The molecule has 5 nitrogen and oxygen atoms in total. The number of hydrogen-bond acceptors (Lipinski definition) is 4. The molecule has 0 unspecified atom stereocenters. The second-order valence-corrected chi connectivity index (χ2v) is 6.48. The molecule has 1 aromatic carbocycles.